The van der Waals surface area contributed by atoms with E-state index in [0.717, 1.165) is 50.5 Å². The molecule has 0 N–H and O–H groups in total. The van der Waals surface area contributed by atoms with Gasteiger partial charge in [0.1, 0.15) is 11.5 Å². The van der Waals surface area contributed by atoms with Crippen molar-refractivity contribution in [2.45, 2.75) is 38.3 Å². The first kappa shape index (κ1) is 21.7. The van der Waals surface area contributed by atoms with E-state index in [1.54, 1.807) is 13.2 Å². The number of likely N-dealkylation sites (tertiary alicyclic amines) is 2. The summed E-state index contributed by atoms with van der Waals surface area (Å²) in [5.41, 5.74) is 3.07. The second kappa shape index (κ2) is 9.40. The number of ether oxygens (including phenoxy) is 1. The highest BCUT2D eigenvalue weighted by Crippen LogP contribution is 2.42. The lowest BCUT2D eigenvalue weighted by Crippen LogP contribution is -2.48. The molecule has 2 aliphatic rings. The Bertz CT molecular complexity index is 1080. The molecule has 3 atom stereocenters. The number of methoxy groups -OCH3 is 1. The van der Waals surface area contributed by atoms with Crippen molar-refractivity contribution in [2.75, 3.05) is 26.7 Å². The average molecular weight is 446 g/mol. The summed E-state index contributed by atoms with van der Waals surface area (Å²) in [6.07, 6.45) is 1.70. The van der Waals surface area contributed by atoms with Crippen molar-refractivity contribution >= 4 is 5.91 Å². The first-order valence-corrected chi connectivity index (χ1v) is 11.8. The average Bonchev–Trinajstić information content (AvgIpc) is 3.49. The molecule has 2 aromatic carbocycles. The molecule has 6 heteroatoms. The molecule has 2 aliphatic heterocycles. The number of aryl methyl sites for hydroxylation is 1. The summed E-state index contributed by atoms with van der Waals surface area (Å²) in [5, 5.41) is 4.02. The summed E-state index contributed by atoms with van der Waals surface area (Å²) >= 11 is 0. The first-order chi connectivity index (χ1) is 16.2. The minimum absolute atomic E-state index is 0.0214. The summed E-state index contributed by atoms with van der Waals surface area (Å²) in [7, 11) is 1.70. The van der Waals surface area contributed by atoms with Gasteiger partial charge in [0.25, 0.3) is 5.91 Å². The molecule has 3 aromatic rings. The molecule has 0 bridgehead atoms. The Morgan fingerprint density at radius 1 is 1.12 bits per heavy atom. The van der Waals surface area contributed by atoms with Gasteiger partial charge in [-0.2, -0.15) is 0 Å². The summed E-state index contributed by atoms with van der Waals surface area (Å²) in [5.74, 6) is 2.33. The molecule has 172 valence electrons. The number of aromatic nitrogens is 1. The number of benzene rings is 2. The lowest BCUT2D eigenvalue weighted by atomic mass is 9.81. The van der Waals surface area contributed by atoms with E-state index in [9.17, 15) is 4.79 Å². The zero-order valence-corrected chi connectivity index (χ0v) is 19.3. The van der Waals surface area contributed by atoms with Crippen molar-refractivity contribution in [1.82, 2.24) is 15.0 Å². The Balaban J connectivity index is 1.39. The monoisotopic (exact) mass is 445 g/mol. The highest BCUT2D eigenvalue weighted by atomic mass is 16.5. The molecular formula is C27H31N3O3. The van der Waals surface area contributed by atoms with Crippen molar-refractivity contribution in [3.05, 3.63) is 83.2 Å². The zero-order chi connectivity index (χ0) is 22.8. The Morgan fingerprint density at radius 2 is 1.91 bits per heavy atom. The fraction of sp³-hybridized carbons (Fsp3) is 0.407. The molecule has 1 aromatic heterocycles. The fourth-order valence-corrected chi connectivity index (χ4v) is 5.47. The lowest BCUT2D eigenvalue weighted by Gasteiger charge is -2.39. The van der Waals surface area contributed by atoms with Crippen LogP contribution in [0, 0.1) is 5.92 Å². The van der Waals surface area contributed by atoms with Gasteiger partial charge in [0.05, 0.1) is 7.11 Å². The quantitative estimate of drug-likeness (QED) is 0.564. The van der Waals surface area contributed by atoms with Gasteiger partial charge < -0.3 is 14.2 Å². The van der Waals surface area contributed by atoms with E-state index in [2.05, 4.69) is 52.5 Å². The SMILES string of the molecule is CCc1cc(C(=O)N2CC[C@@H]3[C@H](C2)[C@@H](c2ccc(OC)cc2)CN3Cc2ccccc2)no1. The molecule has 0 saturated carbocycles. The number of carbonyl (C=O) groups is 1. The standard InChI is InChI=1S/C27H31N3O3/c1-3-21-15-25(28-33-21)27(31)29-14-13-26-24(18-29)23(20-9-11-22(32-2)12-10-20)17-30(26)16-19-7-5-4-6-8-19/h4-12,15,23-24,26H,3,13-14,16-18H2,1-2H3/t23-,24-,26-/m1/s1. The molecule has 0 spiro atoms. The van der Waals surface area contributed by atoms with E-state index >= 15 is 0 Å². The van der Waals surface area contributed by atoms with Gasteiger partial charge in [0.15, 0.2) is 5.69 Å². The lowest BCUT2D eigenvalue weighted by molar-refractivity contribution is 0.0574. The van der Waals surface area contributed by atoms with E-state index in [1.165, 1.54) is 11.1 Å². The maximum Gasteiger partial charge on any atom is 0.276 e. The predicted octanol–water partition coefficient (Wildman–Crippen LogP) is 4.38. The topological polar surface area (TPSA) is 58.8 Å². The third kappa shape index (κ3) is 4.40. The van der Waals surface area contributed by atoms with Gasteiger partial charge >= 0.3 is 0 Å². The molecule has 0 unspecified atom stereocenters. The van der Waals surface area contributed by atoms with Crippen LogP contribution >= 0.6 is 0 Å². The second-order valence-corrected chi connectivity index (χ2v) is 9.10. The Labute approximate surface area is 195 Å². The van der Waals surface area contributed by atoms with Gasteiger partial charge in [-0.15, -0.1) is 0 Å². The molecule has 5 rings (SSSR count). The molecule has 6 nitrogen and oxygen atoms in total. The molecule has 33 heavy (non-hydrogen) atoms. The van der Waals surface area contributed by atoms with Crippen LogP contribution in [0.1, 0.15) is 46.6 Å². The van der Waals surface area contributed by atoms with Crippen molar-refractivity contribution in [3.63, 3.8) is 0 Å². The summed E-state index contributed by atoms with van der Waals surface area (Å²) in [6, 6.07) is 21.3. The zero-order valence-electron chi connectivity index (χ0n) is 19.3. The van der Waals surface area contributed by atoms with Crippen molar-refractivity contribution in [3.8, 4) is 5.75 Å². The highest BCUT2D eigenvalue weighted by Gasteiger charge is 2.46. The maximum absolute atomic E-state index is 13.2. The summed E-state index contributed by atoms with van der Waals surface area (Å²) < 4.78 is 10.7. The number of piperidine rings is 1. The highest BCUT2D eigenvalue weighted by molar-refractivity contribution is 5.92. The van der Waals surface area contributed by atoms with Crippen LogP contribution in [0.5, 0.6) is 5.75 Å². The van der Waals surface area contributed by atoms with Crippen LogP contribution in [0.4, 0.5) is 0 Å². The number of rotatable bonds is 6. The van der Waals surface area contributed by atoms with Crippen molar-refractivity contribution in [1.29, 1.82) is 0 Å². The van der Waals surface area contributed by atoms with E-state index < -0.39 is 0 Å². The number of fused-ring (bicyclic) bond motifs is 1. The smallest absolute Gasteiger partial charge is 0.276 e. The van der Waals surface area contributed by atoms with Gasteiger partial charge in [-0.05, 0) is 29.7 Å². The van der Waals surface area contributed by atoms with E-state index in [4.69, 9.17) is 9.26 Å². The Morgan fingerprint density at radius 3 is 2.61 bits per heavy atom. The van der Waals surface area contributed by atoms with Gasteiger partial charge in [-0.1, -0.05) is 54.5 Å². The number of nitrogens with zero attached hydrogens (tertiary/aromatic N) is 3. The molecule has 1 amide bonds. The van der Waals surface area contributed by atoms with Gasteiger partial charge in [0.2, 0.25) is 0 Å². The Hall–Kier alpha value is -3.12. The van der Waals surface area contributed by atoms with E-state index in [1.807, 2.05) is 24.0 Å². The molecule has 0 radical (unpaired) electrons. The number of amides is 1. The van der Waals surface area contributed by atoms with E-state index in [0.29, 0.717) is 23.6 Å². The third-order valence-corrected chi connectivity index (χ3v) is 7.22. The molecule has 3 heterocycles. The minimum atomic E-state index is -0.0214. The summed E-state index contributed by atoms with van der Waals surface area (Å²) in [4.78, 5) is 17.8. The van der Waals surface area contributed by atoms with Crippen molar-refractivity contribution in [2.24, 2.45) is 5.92 Å². The molecule has 2 fully saturated rings. The second-order valence-electron chi connectivity index (χ2n) is 9.10. The van der Waals surface area contributed by atoms with Gasteiger partial charge in [-0.3, -0.25) is 9.69 Å². The minimum Gasteiger partial charge on any atom is -0.497 e. The van der Waals surface area contributed by atoms with Crippen molar-refractivity contribution < 1.29 is 14.1 Å². The maximum atomic E-state index is 13.2. The largest absolute Gasteiger partial charge is 0.497 e. The number of hydrogen-bond acceptors (Lipinski definition) is 5. The molecule has 0 aliphatic carbocycles. The van der Waals surface area contributed by atoms with Crippen LogP contribution in [-0.4, -0.2) is 53.6 Å². The Kier molecular flexibility index (Phi) is 6.18. The third-order valence-electron chi connectivity index (χ3n) is 7.22. The van der Waals surface area contributed by atoms with Crippen LogP contribution < -0.4 is 4.74 Å². The number of carbonyl (C=O) groups excluding carboxylic acids is 1. The van der Waals surface area contributed by atoms with Crippen LogP contribution in [0.2, 0.25) is 0 Å². The van der Waals surface area contributed by atoms with Gasteiger partial charge in [-0.25, -0.2) is 0 Å². The van der Waals surface area contributed by atoms with Gasteiger partial charge in [0, 0.05) is 56.5 Å². The van der Waals surface area contributed by atoms with Crippen LogP contribution in [0.25, 0.3) is 0 Å². The predicted molar refractivity (Wildman–Crippen MR) is 126 cm³/mol. The first-order valence-electron chi connectivity index (χ1n) is 11.8. The normalized spacial score (nSPS) is 22.8. The summed E-state index contributed by atoms with van der Waals surface area (Å²) in [6.45, 7) is 5.41. The molecular weight excluding hydrogens is 414 g/mol. The fourth-order valence-electron chi connectivity index (χ4n) is 5.47. The number of hydrogen-bond donors (Lipinski definition) is 0. The van der Waals surface area contributed by atoms with Crippen LogP contribution in [0.3, 0.4) is 0 Å². The molecule has 2 saturated heterocycles. The van der Waals surface area contributed by atoms with Crippen LogP contribution in [-0.2, 0) is 13.0 Å². The van der Waals surface area contributed by atoms with Crippen LogP contribution in [0.15, 0.2) is 65.2 Å². The van der Waals surface area contributed by atoms with E-state index in [-0.39, 0.29) is 5.91 Å².